The quantitative estimate of drug-likeness (QED) is 0.886. The fraction of sp³-hybridized carbons (Fsp3) is 0.278. The van der Waals surface area contributed by atoms with Crippen molar-refractivity contribution in [2.75, 3.05) is 11.9 Å². The molecule has 132 valence electrons. The van der Waals surface area contributed by atoms with Gasteiger partial charge in [0.25, 0.3) is 0 Å². The van der Waals surface area contributed by atoms with Crippen LogP contribution in [0.2, 0.25) is 5.02 Å². The Morgan fingerprint density at radius 3 is 2.52 bits per heavy atom. The van der Waals surface area contributed by atoms with Gasteiger partial charge in [0.2, 0.25) is 15.9 Å². The molecule has 1 saturated heterocycles. The smallest absolute Gasteiger partial charge is 0.243 e. The van der Waals surface area contributed by atoms with Gasteiger partial charge < -0.3 is 5.32 Å². The number of para-hydroxylation sites is 1. The number of benzene rings is 2. The molecule has 1 unspecified atom stereocenters. The first kappa shape index (κ1) is 17.9. The van der Waals surface area contributed by atoms with Gasteiger partial charge in [-0.05, 0) is 55.7 Å². The number of aryl methyl sites for hydroxylation is 1. The van der Waals surface area contributed by atoms with Crippen molar-refractivity contribution in [3.05, 3.63) is 59.1 Å². The molecule has 1 aliphatic rings. The van der Waals surface area contributed by atoms with E-state index in [1.54, 1.807) is 6.07 Å². The summed E-state index contributed by atoms with van der Waals surface area (Å²) in [5.41, 5.74) is 1.63. The summed E-state index contributed by atoms with van der Waals surface area (Å²) in [6.45, 7) is 2.23. The van der Waals surface area contributed by atoms with E-state index in [2.05, 4.69) is 5.32 Å². The number of halogens is 1. The third-order valence-electron chi connectivity index (χ3n) is 4.33. The van der Waals surface area contributed by atoms with E-state index in [9.17, 15) is 13.2 Å². The number of hydrogen-bond donors (Lipinski definition) is 1. The number of nitrogens with zero attached hydrogens (tertiary/aromatic N) is 1. The first-order valence-corrected chi connectivity index (χ1v) is 9.85. The van der Waals surface area contributed by atoms with Crippen LogP contribution in [0, 0.1) is 6.92 Å². The number of rotatable bonds is 4. The van der Waals surface area contributed by atoms with Crippen LogP contribution in [0.5, 0.6) is 0 Å². The zero-order chi connectivity index (χ0) is 18.0. The van der Waals surface area contributed by atoms with Crippen LogP contribution in [0.4, 0.5) is 5.69 Å². The van der Waals surface area contributed by atoms with Gasteiger partial charge in [0.15, 0.2) is 0 Å². The molecule has 0 spiro atoms. The number of hydrogen-bond acceptors (Lipinski definition) is 3. The average Bonchev–Trinajstić information content (AvgIpc) is 3.08. The predicted octanol–water partition coefficient (Wildman–Crippen LogP) is 3.44. The Balaban J connectivity index is 1.83. The van der Waals surface area contributed by atoms with E-state index >= 15 is 0 Å². The van der Waals surface area contributed by atoms with E-state index in [-0.39, 0.29) is 10.8 Å². The molecule has 7 heteroatoms. The maximum atomic E-state index is 12.9. The van der Waals surface area contributed by atoms with Crippen LogP contribution in [-0.2, 0) is 14.8 Å². The highest BCUT2D eigenvalue weighted by atomic mass is 35.5. The van der Waals surface area contributed by atoms with E-state index in [4.69, 9.17) is 11.6 Å². The first-order valence-electron chi connectivity index (χ1n) is 8.03. The average molecular weight is 379 g/mol. The topological polar surface area (TPSA) is 66.5 Å². The summed E-state index contributed by atoms with van der Waals surface area (Å²) in [5, 5.41) is 3.32. The van der Waals surface area contributed by atoms with Gasteiger partial charge in [0.1, 0.15) is 6.04 Å². The van der Waals surface area contributed by atoms with Crippen molar-refractivity contribution in [3.63, 3.8) is 0 Å². The minimum absolute atomic E-state index is 0.146. The Bertz CT molecular complexity index is 881. The zero-order valence-corrected chi connectivity index (χ0v) is 15.3. The molecule has 1 heterocycles. The fourth-order valence-corrected chi connectivity index (χ4v) is 4.74. The normalized spacial score (nSPS) is 18.2. The van der Waals surface area contributed by atoms with Gasteiger partial charge in [0, 0.05) is 17.3 Å². The summed E-state index contributed by atoms with van der Waals surface area (Å²) in [6, 6.07) is 12.7. The highest BCUT2D eigenvalue weighted by Gasteiger charge is 2.39. The van der Waals surface area contributed by atoms with Crippen LogP contribution in [0.25, 0.3) is 0 Å². The van der Waals surface area contributed by atoms with Crippen LogP contribution in [0.15, 0.2) is 53.4 Å². The van der Waals surface area contributed by atoms with Crippen molar-refractivity contribution in [1.82, 2.24) is 4.31 Å². The van der Waals surface area contributed by atoms with E-state index < -0.39 is 16.1 Å². The molecule has 0 aromatic heterocycles. The minimum atomic E-state index is -3.74. The summed E-state index contributed by atoms with van der Waals surface area (Å²) in [6.07, 6.45) is 1.16. The van der Waals surface area contributed by atoms with Crippen molar-refractivity contribution in [1.29, 1.82) is 0 Å². The van der Waals surface area contributed by atoms with Gasteiger partial charge in [-0.1, -0.05) is 29.8 Å². The maximum absolute atomic E-state index is 12.9. The number of carbonyl (C=O) groups excluding carboxylic acids is 1. The van der Waals surface area contributed by atoms with Crippen LogP contribution in [0.1, 0.15) is 18.4 Å². The summed E-state index contributed by atoms with van der Waals surface area (Å²) in [4.78, 5) is 12.8. The van der Waals surface area contributed by atoms with E-state index in [0.29, 0.717) is 30.1 Å². The van der Waals surface area contributed by atoms with Crippen LogP contribution in [0.3, 0.4) is 0 Å². The van der Waals surface area contributed by atoms with Gasteiger partial charge >= 0.3 is 0 Å². The van der Waals surface area contributed by atoms with Gasteiger partial charge in [-0.2, -0.15) is 4.31 Å². The fourth-order valence-electron chi connectivity index (χ4n) is 2.96. The monoisotopic (exact) mass is 378 g/mol. The second-order valence-electron chi connectivity index (χ2n) is 6.03. The Morgan fingerprint density at radius 1 is 1.16 bits per heavy atom. The summed E-state index contributed by atoms with van der Waals surface area (Å²) in [7, 11) is -3.74. The summed E-state index contributed by atoms with van der Waals surface area (Å²) in [5.74, 6) is -0.302. The largest absolute Gasteiger partial charge is 0.324 e. The Labute approximate surface area is 152 Å². The lowest BCUT2D eigenvalue weighted by Crippen LogP contribution is -2.43. The number of nitrogens with one attached hydrogen (secondary N) is 1. The molecule has 25 heavy (non-hydrogen) atoms. The molecule has 2 aromatic rings. The maximum Gasteiger partial charge on any atom is 0.243 e. The molecule has 5 nitrogen and oxygen atoms in total. The minimum Gasteiger partial charge on any atom is -0.324 e. The van der Waals surface area contributed by atoms with E-state index in [1.165, 1.54) is 28.6 Å². The van der Waals surface area contributed by atoms with Gasteiger partial charge in [0.05, 0.1) is 4.90 Å². The molecule has 3 rings (SSSR count). The Hall–Kier alpha value is -1.89. The van der Waals surface area contributed by atoms with Gasteiger partial charge in [-0.15, -0.1) is 0 Å². The standard InChI is InChI=1S/C18H19ClN2O3S/c1-13-5-2-3-6-16(13)20-18(22)17-7-4-12-21(17)25(23,24)15-10-8-14(19)9-11-15/h2-3,5-6,8-11,17H,4,7,12H2,1H3,(H,20,22). The van der Waals surface area contributed by atoms with Crippen molar-refractivity contribution >= 4 is 33.2 Å². The highest BCUT2D eigenvalue weighted by molar-refractivity contribution is 7.89. The molecule has 0 aliphatic carbocycles. The van der Waals surface area contributed by atoms with E-state index in [0.717, 1.165) is 5.56 Å². The van der Waals surface area contributed by atoms with Crippen LogP contribution < -0.4 is 5.32 Å². The number of carbonyl (C=O) groups is 1. The third kappa shape index (κ3) is 3.71. The molecule has 0 radical (unpaired) electrons. The van der Waals surface area contributed by atoms with Gasteiger partial charge in [-0.25, -0.2) is 8.42 Å². The van der Waals surface area contributed by atoms with Crippen molar-refractivity contribution < 1.29 is 13.2 Å². The first-order chi connectivity index (χ1) is 11.9. The van der Waals surface area contributed by atoms with Crippen molar-refractivity contribution in [2.24, 2.45) is 0 Å². The van der Waals surface area contributed by atoms with Gasteiger partial charge in [-0.3, -0.25) is 4.79 Å². The molecule has 1 amide bonds. The molecule has 0 saturated carbocycles. The highest BCUT2D eigenvalue weighted by Crippen LogP contribution is 2.28. The lowest BCUT2D eigenvalue weighted by Gasteiger charge is -2.23. The molecular formula is C18H19ClN2O3S. The number of anilines is 1. The molecule has 1 N–H and O–H groups in total. The SMILES string of the molecule is Cc1ccccc1NC(=O)C1CCCN1S(=O)(=O)c1ccc(Cl)cc1. The summed E-state index contributed by atoms with van der Waals surface area (Å²) < 4.78 is 27.0. The molecular weight excluding hydrogens is 360 g/mol. The zero-order valence-electron chi connectivity index (χ0n) is 13.8. The number of sulfonamides is 1. The lowest BCUT2D eigenvalue weighted by atomic mass is 10.1. The third-order valence-corrected chi connectivity index (χ3v) is 6.50. The molecule has 0 bridgehead atoms. The Kier molecular flexibility index (Phi) is 5.13. The summed E-state index contributed by atoms with van der Waals surface area (Å²) >= 11 is 5.83. The predicted molar refractivity (Wildman–Crippen MR) is 98.2 cm³/mol. The van der Waals surface area contributed by atoms with Crippen molar-refractivity contribution in [3.8, 4) is 0 Å². The number of amides is 1. The lowest BCUT2D eigenvalue weighted by molar-refractivity contribution is -0.119. The second kappa shape index (κ2) is 7.15. The molecule has 1 fully saturated rings. The van der Waals surface area contributed by atoms with E-state index in [1.807, 2.05) is 25.1 Å². The molecule has 2 aromatic carbocycles. The molecule has 1 atom stereocenters. The Morgan fingerprint density at radius 2 is 1.84 bits per heavy atom. The second-order valence-corrected chi connectivity index (χ2v) is 8.36. The van der Waals surface area contributed by atoms with Crippen molar-refractivity contribution in [2.45, 2.75) is 30.7 Å². The molecule has 1 aliphatic heterocycles. The van der Waals surface area contributed by atoms with Crippen LogP contribution >= 0.6 is 11.6 Å². The van der Waals surface area contributed by atoms with Crippen LogP contribution in [-0.4, -0.2) is 31.2 Å².